The van der Waals surface area contributed by atoms with Crippen LogP contribution >= 0.6 is 0 Å². The van der Waals surface area contributed by atoms with Crippen LogP contribution in [-0.4, -0.2) is 17.1 Å². The summed E-state index contributed by atoms with van der Waals surface area (Å²) in [5, 5.41) is 9.75. The Hall–Kier alpha value is -3.33. The summed E-state index contributed by atoms with van der Waals surface area (Å²) >= 11 is 0. The lowest BCUT2D eigenvalue weighted by atomic mass is 10.2. The standard InChI is InChI=1S/C17H13N3O3/c1-10-3-4-13(23-10)7-11(9-18)16-19-15-6-5-12(22-2)8-14(15)17(21)20-16/h3-8H,1-2H3,(H,19,20,21). The second-order valence-electron chi connectivity index (χ2n) is 4.92. The lowest BCUT2D eigenvalue weighted by molar-refractivity contribution is 0.415. The van der Waals surface area contributed by atoms with Crippen molar-refractivity contribution in [3.8, 4) is 11.8 Å². The molecule has 6 nitrogen and oxygen atoms in total. The number of hydrogen-bond acceptors (Lipinski definition) is 5. The number of nitrogens with zero attached hydrogens (tertiary/aromatic N) is 2. The van der Waals surface area contributed by atoms with Gasteiger partial charge in [0.15, 0.2) is 5.82 Å². The molecule has 0 spiro atoms. The Bertz CT molecular complexity index is 1010. The highest BCUT2D eigenvalue weighted by Gasteiger charge is 2.10. The van der Waals surface area contributed by atoms with Gasteiger partial charge < -0.3 is 14.1 Å². The van der Waals surface area contributed by atoms with Crippen molar-refractivity contribution in [3.05, 3.63) is 58.0 Å². The molecule has 0 amide bonds. The lowest BCUT2D eigenvalue weighted by Gasteiger charge is -2.04. The minimum Gasteiger partial charge on any atom is -0.497 e. The van der Waals surface area contributed by atoms with Gasteiger partial charge in [-0.2, -0.15) is 5.26 Å². The molecular formula is C17H13N3O3. The van der Waals surface area contributed by atoms with Crippen LogP contribution in [0.4, 0.5) is 0 Å². The Balaban J connectivity index is 2.14. The number of fused-ring (bicyclic) bond motifs is 1. The maximum absolute atomic E-state index is 12.2. The highest BCUT2D eigenvalue weighted by Crippen LogP contribution is 2.19. The highest BCUT2D eigenvalue weighted by atomic mass is 16.5. The van der Waals surface area contributed by atoms with Gasteiger partial charge in [0.05, 0.1) is 23.6 Å². The van der Waals surface area contributed by atoms with E-state index in [1.807, 2.05) is 13.0 Å². The van der Waals surface area contributed by atoms with E-state index in [9.17, 15) is 10.1 Å². The lowest BCUT2D eigenvalue weighted by Crippen LogP contribution is -2.11. The predicted octanol–water partition coefficient (Wildman–Crippen LogP) is 2.90. The Morgan fingerprint density at radius 3 is 2.87 bits per heavy atom. The average Bonchev–Trinajstić information content (AvgIpc) is 2.97. The minimum atomic E-state index is -0.333. The van der Waals surface area contributed by atoms with Crippen LogP contribution in [0, 0.1) is 18.3 Å². The van der Waals surface area contributed by atoms with Crippen molar-refractivity contribution in [2.24, 2.45) is 0 Å². The summed E-state index contributed by atoms with van der Waals surface area (Å²) in [6.45, 7) is 1.81. The van der Waals surface area contributed by atoms with Gasteiger partial charge in [-0.3, -0.25) is 4.79 Å². The zero-order valence-corrected chi connectivity index (χ0v) is 12.6. The summed E-state index contributed by atoms with van der Waals surface area (Å²) in [7, 11) is 1.53. The molecule has 0 aliphatic rings. The normalized spacial score (nSPS) is 11.4. The molecule has 23 heavy (non-hydrogen) atoms. The largest absolute Gasteiger partial charge is 0.497 e. The molecule has 0 bridgehead atoms. The number of furan rings is 1. The number of rotatable bonds is 3. The fourth-order valence-corrected chi connectivity index (χ4v) is 2.20. The van der Waals surface area contributed by atoms with Gasteiger partial charge in [0.2, 0.25) is 0 Å². The fraction of sp³-hybridized carbons (Fsp3) is 0.118. The molecule has 0 fully saturated rings. The van der Waals surface area contributed by atoms with Gasteiger partial charge in [-0.05, 0) is 37.3 Å². The summed E-state index contributed by atoms with van der Waals surface area (Å²) in [4.78, 5) is 19.2. The SMILES string of the molecule is COc1ccc2nc(C(C#N)=Cc3ccc(C)o3)[nH]c(=O)c2c1. The second kappa shape index (κ2) is 5.81. The average molecular weight is 307 g/mol. The molecule has 3 rings (SSSR count). The number of aryl methyl sites for hydroxylation is 1. The van der Waals surface area contributed by atoms with Gasteiger partial charge >= 0.3 is 0 Å². The quantitative estimate of drug-likeness (QED) is 0.751. The van der Waals surface area contributed by atoms with E-state index >= 15 is 0 Å². The molecule has 2 heterocycles. The van der Waals surface area contributed by atoms with Crippen molar-refractivity contribution < 1.29 is 9.15 Å². The van der Waals surface area contributed by atoms with Crippen LogP contribution in [0.1, 0.15) is 17.3 Å². The van der Waals surface area contributed by atoms with E-state index in [-0.39, 0.29) is 17.0 Å². The third-order valence-corrected chi connectivity index (χ3v) is 3.34. The van der Waals surface area contributed by atoms with E-state index in [0.29, 0.717) is 22.4 Å². The molecule has 0 atom stereocenters. The topological polar surface area (TPSA) is 91.9 Å². The number of allylic oxidation sites excluding steroid dienone is 1. The number of ether oxygens (including phenoxy) is 1. The molecule has 0 saturated heterocycles. The van der Waals surface area contributed by atoms with Crippen LogP contribution in [0.15, 0.2) is 39.5 Å². The van der Waals surface area contributed by atoms with Gasteiger partial charge in [-0.15, -0.1) is 0 Å². The molecule has 6 heteroatoms. The van der Waals surface area contributed by atoms with Crippen LogP contribution in [0.2, 0.25) is 0 Å². The maximum atomic E-state index is 12.2. The molecule has 0 radical (unpaired) electrons. The summed E-state index contributed by atoms with van der Waals surface area (Å²) in [5.41, 5.74) is 0.371. The number of nitriles is 1. The molecule has 0 aliphatic heterocycles. The number of hydrogen-bond donors (Lipinski definition) is 1. The third kappa shape index (κ3) is 2.85. The van der Waals surface area contributed by atoms with E-state index in [0.717, 1.165) is 5.76 Å². The molecule has 2 aromatic heterocycles. The third-order valence-electron chi connectivity index (χ3n) is 3.34. The number of benzene rings is 1. The molecule has 0 saturated carbocycles. The molecular weight excluding hydrogens is 294 g/mol. The number of nitrogens with one attached hydrogen (secondary N) is 1. The van der Waals surface area contributed by atoms with E-state index in [4.69, 9.17) is 9.15 Å². The van der Waals surface area contributed by atoms with Crippen molar-refractivity contribution in [1.82, 2.24) is 9.97 Å². The maximum Gasteiger partial charge on any atom is 0.259 e. The summed E-state index contributed by atoms with van der Waals surface area (Å²) in [5.74, 6) is 2.03. The van der Waals surface area contributed by atoms with E-state index in [1.54, 1.807) is 36.4 Å². The summed E-state index contributed by atoms with van der Waals surface area (Å²) in [6, 6.07) is 10.6. The van der Waals surface area contributed by atoms with Crippen LogP contribution < -0.4 is 10.3 Å². The molecule has 0 unspecified atom stereocenters. The van der Waals surface area contributed by atoms with Gasteiger partial charge in [-0.1, -0.05) is 0 Å². The summed E-state index contributed by atoms with van der Waals surface area (Å²) in [6.07, 6.45) is 1.54. The highest BCUT2D eigenvalue weighted by molar-refractivity contribution is 5.88. The number of methoxy groups -OCH3 is 1. The fourth-order valence-electron chi connectivity index (χ4n) is 2.20. The Morgan fingerprint density at radius 1 is 1.39 bits per heavy atom. The van der Waals surface area contributed by atoms with Gasteiger partial charge in [0.25, 0.3) is 5.56 Å². The van der Waals surface area contributed by atoms with Crippen molar-refractivity contribution >= 4 is 22.6 Å². The second-order valence-corrected chi connectivity index (χ2v) is 4.92. The van der Waals surface area contributed by atoms with E-state index in [2.05, 4.69) is 9.97 Å². The zero-order chi connectivity index (χ0) is 16.4. The predicted molar refractivity (Wildman–Crippen MR) is 85.8 cm³/mol. The van der Waals surface area contributed by atoms with E-state index < -0.39 is 0 Å². The first-order chi connectivity index (χ1) is 11.1. The van der Waals surface area contributed by atoms with Gasteiger partial charge in [0, 0.05) is 6.08 Å². The monoisotopic (exact) mass is 307 g/mol. The molecule has 3 aromatic rings. The Labute approximate surface area is 131 Å². The first kappa shape index (κ1) is 14.6. The van der Waals surface area contributed by atoms with Crippen LogP contribution in [0.5, 0.6) is 5.75 Å². The van der Waals surface area contributed by atoms with Crippen molar-refractivity contribution in [3.63, 3.8) is 0 Å². The smallest absolute Gasteiger partial charge is 0.259 e. The van der Waals surface area contributed by atoms with Crippen molar-refractivity contribution in [1.29, 1.82) is 5.26 Å². The zero-order valence-electron chi connectivity index (χ0n) is 12.6. The minimum absolute atomic E-state index is 0.198. The molecule has 0 aliphatic carbocycles. The Kier molecular flexibility index (Phi) is 3.69. The van der Waals surface area contributed by atoms with Crippen LogP contribution in [-0.2, 0) is 0 Å². The summed E-state index contributed by atoms with van der Waals surface area (Å²) < 4.78 is 10.5. The van der Waals surface area contributed by atoms with Crippen molar-refractivity contribution in [2.45, 2.75) is 6.92 Å². The molecule has 1 aromatic carbocycles. The number of H-pyrrole nitrogens is 1. The van der Waals surface area contributed by atoms with Gasteiger partial charge in [0.1, 0.15) is 23.3 Å². The molecule has 1 N–H and O–H groups in total. The Morgan fingerprint density at radius 2 is 2.22 bits per heavy atom. The van der Waals surface area contributed by atoms with Crippen molar-refractivity contribution in [2.75, 3.05) is 7.11 Å². The molecule has 114 valence electrons. The van der Waals surface area contributed by atoms with E-state index in [1.165, 1.54) is 7.11 Å². The first-order valence-electron chi connectivity index (χ1n) is 6.87. The first-order valence-corrected chi connectivity index (χ1v) is 6.87. The van der Waals surface area contributed by atoms with Gasteiger partial charge in [-0.25, -0.2) is 4.98 Å². The van der Waals surface area contributed by atoms with Crippen LogP contribution in [0.3, 0.4) is 0 Å². The number of aromatic nitrogens is 2. The number of aromatic amines is 1. The van der Waals surface area contributed by atoms with Crippen LogP contribution in [0.25, 0.3) is 22.6 Å².